The molecule has 2 heterocycles. The number of carbonyl (C=O) groups excluding carboxylic acids is 1. The Morgan fingerprint density at radius 1 is 1.60 bits per heavy atom. The number of ether oxygens (including phenoxy) is 1. The largest absolute Gasteiger partial charge is 0.453 e. The van der Waals surface area contributed by atoms with Crippen LogP contribution in [0.5, 0.6) is 0 Å². The lowest BCUT2D eigenvalue weighted by Crippen LogP contribution is -2.37. The molecule has 20 heavy (non-hydrogen) atoms. The molecule has 1 aromatic rings. The number of nitrogens with zero attached hydrogens (tertiary/aromatic N) is 2. The average molecular weight is 278 g/mol. The Bertz CT molecular complexity index is 466. The maximum atomic E-state index is 11.3. The fourth-order valence-corrected chi connectivity index (χ4v) is 2.46. The summed E-state index contributed by atoms with van der Waals surface area (Å²) in [6, 6.07) is 4.39. The molecule has 110 valence electrons. The average Bonchev–Trinajstić information content (AvgIpc) is 2.94. The van der Waals surface area contributed by atoms with Crippen molar-refractivity contribution in [3.8, 4) is 0 Å². The van der Waals surface area contributed by atoms with Crippen LogP contribution in [0, 0.1) is 0 Å². The van der Waals surface area contributed by atoms with Crippen LogP contribution in [0.15, 0.2) is 18.3 Å². The van der Waals surface area contributed by atoms with Gasteiger partial charge in [-0.2, -0.15) is 0 Å². The number of rotatable bonds is 4. The van der Waals surface area contributed by atoms with Crippen LogP contribution in [0.2, 0.25) is 0 Å². The molecule has 0 aliphatic carbocycles. The third kappa shape index (κ3) is 3.19. The van der Waals surface area contributed by atoms with Crippen LogP contribution < -0.4 is 15.5 Å². The smallest absolute Gasteiger partial charge is 0.407 e. The van der Waals surface area contributed by atoms with Crippen LogP contribution >= 0.6 is 0 Å². The minimum absolute atomic E-state index is 0.113. The molecule has 1 aliphatic rings. The van der Waals surface area contributed by atoms with Gasteiger partial charge in [0.25, 0.3) is 0 Å². The summed E-state index contributed by atoms with van der Waals surface area (Å²) in [6.07, 6.45) is 2.34. The molecule has 1 aliphatic heterocycles. The number of hydrogen-bond donors (Lipinski definition) is 2. The first-order valence-corrected chi connectivity index (χ1v) is 6.87. The van der Waals surface area contributed by atoms with Crippen LogP contribution in [0.1, 0.15) is 24.9 Å². The molecule has 0 saturated carbocycles. The molecule has 2 N–H and O–H groups in total. The Morgan fingerprint density at radius 3 is 3.10 bits per heavy atom. The molecule has 6 heteroatoms. The van der Waals surface area contributed by atoms with Crippen molar-refractivity contribution < 1.29 is 9.53 Å². The zero-order valence-corrected chi connectivity index (χ0v) is 12.2. The van der Waals surface area contributed by atoms with E-state index in [0.717, 1.165) is 25.3 Å². The molecule has 1 aromatic heterocycles. The highest BCUT2D eigenvalue weighted by Gasteiger charge is 2.27. The van der Waals surface area contributed by atoms with Gasteiger partial charge in [-0.05, 0) is 26.5 Å². The van der Waals surface area contributed by atoms with Crippen LogP contribution in [0.3, 0.4) is 0 Å². The molecule has 0 spiro atoms. The van der Waals surface area contributed by atoms with E-state index in [2.05, 4.69) is 38.2 Å². The monoisotopic (exact) mass is 278 g/mol. The minimum Gasteiger partial charge on any atom is -0.453 e. The van der Waals surface area contributed by atoms with Gasteiger partial charge in [-0.15, -0.1) is 0 Å². The summed E-state index contributed by atoms with van der Waals surface area (Å²) in [4.78, 5) is 18.0. The molecular formula is C14H22N4O2. The fourth-order valence-electron chi connectivity index (χ4n) is 2.46. The molecule has 6 nitrogen and oxygen atoms in total. The van der Waals surface area contributed by atoms with E-state index in [4.69, 9.17) is 0 Å². The number of carbonyl (C=O) groups is 1. The van der Waals surface area contributed by atoms with Crippen LogP contribution in [0.4, 0.5) is 10.6 Å². The third-order valence-electron chi connectivity index (χ3n) is 3.71. The van der Waals surface area contributed by atoms with Gasteiger partial charge in [0.05, 0.1) is 13.2 Å². The summed E-state index contributed by atoms with van der Waals surface area (Å²) >= 11 is 0. The summed E-state index contributed by atoms with van der Waals surface area (Å²) in [5.74, 6) is 0.989. The van der Waals surface area contributed by atoms with Gasteiger partial charge in [0.2, 0.25) is 0 Å². The first kappa shape index (κ1) is 14.6. The fraction of sp³-hybridized carbons (Fsp3) is 0.571. The maximum absolute atomic E-state index is 11.3. The Hall–Kier alpha value is -1.82. The lowest BCUT2D eigenvalue weighted by molar-refractivity contribution is 0.167. The van der Waals surface area contributed by atoms with Gasteiger partial charge in [0.1, 0.15) is 5.82 Å². The third-order valence-corrected chi connectivity index (χ3v) is 3.71. The molecule has 2 rings (SSSR count). The SMILES string of the molecule is CNC(C)c1cccnc1N1CCC(NC(=O)OC)C1. The summed E-state index contributed by atoms with van der Waals surface area (Å²) in [6.45, 7) is 3.76. The highest BCUT2D eigenvalue weighted by Crippen LogP contribution is 2.26. The van der Waals surface area contributed by atoms with Crippen LogP contribution in [-0.2, 0) is 4.74 Å². The first-order chi connectivity index (χ1) is 9.65. The van der Waals surface area contributed by atoms with Crippen molar-refractivity contribution in [2.75, 3.05) is 32.1 Å². The van der Waals surface area contributed by atoms with Crippen molar-refractivity contribution in [3.63, 3.8) is 0 Å². The summed E-state index contributed by atoms with van der Waals surface area (Å²) < 4.78 is 4.64. The van der Waals surface area contributed by atoms with E-state index >= 15 is 0 Å². The predicted molar refractivity (Wildman–Crippen MR) is 77.9 cm³/mol. The topological polar surface area (TPSA) is 66.5 Å². The highest BCUT2D eigenvalue weighted by molar-refractivity contribution is 5.67. The lowest BCUT2D eigenvalue weighted by atomic mass is 10.1. The number of nitrogens with one attached hydrogen (secondary N) is 2. The van der Waals surface area contributed by atoms with Crippen molar-refractivity contribution in [1.82, 2.24) is 15.6 Å². The Labute approximate surface area is 119 Å². The Balaban J connectivity index is 2.08. The molecule has 2 unspecified atom stereocenters. The van der Waals surface area contributed by atoms with Crippen molar-refractivity contribution in [1.29, 1.82) is 0 Å². The van der Waals surface area contributed by atoms with Gasteiger partial charge in [0, 0.05) is 30.9 Å². The van der Waals surface area contributed by atoms with Gasteiger partial charge >= 0.3 is 6.09 Å². The maximum Gasteiger partial charge on any atom is 0.407 e. The summed E-state index contributed by atoms with van der Waals surface area (Å²) in [5, 5.41) is 6.09. The van der Waals surface area contributed by atoms with Crippen molar-refractivity contribution >= 4 is 11.9 Å². The predicted octanol–water partition coefficient (Wildman–Crippen LogP) is 1.30. The van der Waals surface area contributed by atoms with E-state index < -0.39 is 0 Å². The van der Waals surface area contributed by atoms with Gasteiger partial charge < -0.3 is 20.3 Å². The molecule has 1 amide bonds. The van der Waals surface area contributed by atoms with E-state index in [9.17, 15) is 4.79 Å². The number of pyridine rings is 1. The number of anilines is 1. The summed E-state index contributed by atoms with van der Waals surface area (Å²) in [5.41, 5.74) is 1.17. The van der Waals surface area contributed by atoms with E-state index in [1.54, 1.807) is 0 Å². The van der Waals surface area contributed by atoms with Gasteiger partial charge in [-0.1, -0.05) is 6.07 Å². The second-order valence-electron chi connectivity index (χ2n) is 4.99. The first-order valence-electron chi connectivity index (χ1n) is 6.87. The number of amides is 1. The normalized spacial score (nSPS) is 19.8. The van der Waals surface area contributed by atoms with E-state index in [0.29, 0.717) is 0 Å². The number of alkyl carbamates (subject to hydrolysis) is 1. The molecular weight excluding hydrogens is 256 g/mol. The lowest BCUT2D eigenvalue weighted by Gasteiger charge is -2.23. The molecule has 0 radical (unpaired) electrons. The van der Waals surface area contributed by atoms with Crippen LogP contribution in [0.25, 0.3) is 0 Å². The second-order valence-corrected chi connectivity index (χ2v) is 4.99. The van der Waals surface area contributed by atoms with Gasteiger partial charge in [0.15, 0.2) is 0 Å². The van der Waals surface area contributed by atoms with Gasteiger partial charge in [-0.25, -0.2) is 9.78 Å². The Morgan fingerprint density at radius 2 is 2.40 bits per heavy atom. The molecule has 2 atom stereocenters. The molecule has 0 bridgehead atoms. The number of aromatic nitrogens is 1. The minimum atomic E-state index is -0.373. The van der Waals surface area contributed by atoms with Gasteiger partial charge in [-0.3, -0.25) is 0 Å². The highest BCUT2D eigenvalue weighted by atomic mass is 16.5. The molecule has 1 fully saturated rings. The molecule has 1 saturated heterocycles. The van der Waals surface area contributed by atoms with Crippen LogP contribution in [-0.4, -0.2) is 44.4 Å². The second kappa shape index (κ2) is 6.56. The standard InChI is InChI=1S/C14H22N4O2/c1-10(15-2)12-5-4-7-16-13(12)18-8-6-11(9-18)17-14(19)20-3/h4-5,7,10-11,15H,6,8-9H2,1-3H3,(H,17,19). The van der Waals surface area contributed by atoms with E-state index in [-0.39, 0.29) is 18.2 Å². The van der Waals surface area contributed by atoms with Crippen molar-refractivity contribution in [2.24, 2.45) is 0 Å². The van der Waals surface area contributed by atoms with Crippen molar-refractivity contribution in [2.45, 2.75) is 25.4 Å². The van der Waals surface area contributed by atoms with E-state index in [1.807, 2.05) is 19.3 Å². The quantitative estimate of drug-likeness (QED) is 0.869. The van der Waals surface area contributed by atoms with E-state index in [1.165, 1.54) is 12.7 Å². The number of methoxy groups -OCH3 is 1. The molecule has 0 aromatic carbocycles. The number of hydrogen-bond acceptors (Lipinski definition) is 5. The van der Waals surface area contributed by atoms with Crippen molar-refractivity contribution in [3.05, 3.63) is 23.9 Å². The Kier molecular flexibility index (Phi) is 4.79. The zero-order chi connectivity index (χ0) is 14.5. The summed E-state index contributed by atoms with van der Waals surface area (Å²) in [7, 11) is 3.32. The zero-order valence-electron chi connectivity index (χ0n) is 12.2.